The summed E-state index contributed by atoms with van der Waals surface area (Å²) < 4.78 is 1.13. The van der Waals surface area contributed by atoms with Gasteiger partial charge in [0.25, 0.3) is 0 Å². The topological polar surface area (TPSA) is 0 Å². The maximum Gasteiger partial charge on any atom is 0.0407 e. The van der Waals surface area contributed by atoms with Gasteiger partial charge in [-0.1, -0.05) is 40.2 Å². The molecule has 82 valence electrons. The van der Waals surface area contributed by atoms with Crippen LogP contribution >= 0.6 is 38.9 Å². The molecule has 0 saturated heterocycles. The summed E-state index contributed by atoms with van der Waals surface area (Å²) in [5.41, 5.74) is 1.23. The van der Waals surface area contributed by atoms with Crippen molar-refractivity contribution < 1.29 is 0 Å². The van der Waals surface area contributed by atoms with Crippen LogP contribution in [0.5, 0.6) is 0 Å². The van der Waals surface area contributed by atoms with Gasteiger partial charge in [0.15, 0.2) is 0 Å². The second kappa shape index (κ2) is 5.67. The average molecular weight is 314 g/mol. The van der Waals surface area contributed by atoms with Gasteiger partial charge in [-0.15, -0.1) is 22.9 Å². The number of alkyl halides is 1. The number of rotatable bonds is 3. The van der Waals surface area contributed by atoms with Gasteiger partial charge in [0.05, 0.1) is 0 Å². The summed E-state index contributed by atoms with van der Waals surface area (Å²) in [4.78, 5) is 2.49. The number of hydrogen-bond donors (Lipinski definition) is 0. The average Bonchev–Trinajstić information content (AvgIpc) is 2.75. The lowest BCUT2D eigenvalue weighted by atomic mass is 10.2. The summed E-state index contributed by atoms with van der Waals surface area (Å²) in [6.07, 6.45) is 4.01. The fourth-order valence-corrected chi connectivity index (χ4v) is 3.11. The molecular weight excluding hydrogens is 304 g/mol. The lowest BCUT2D eigenvalue weighted by Crippen LogP contribution is -1.72. The third-order valence-electron chi connectivity index (χ3n) is 2.14. The molecule has 16 heavy (non-hydrogen) atoms. The summed E-state index contributed by atoms with van der Waals surface area (Å²) in [5, 5.41) is 0. The highest BCUT2D eigenvalue weighted by atomic mass is 79.9. The van der Waals surface area contributed by atoms with E-state index in [1.807, 2.05) is 18.2 Å². The van der Waals surface area contributed by atoms with Crippen LogP contribution in [-0.2, 0) is 0 Å². The van der Waals surface area contributed by atoms with Crippen LogP contribution in [0.1, 0.15) is 4.88 Å². The summed E-state index contributed by atoms with van der Waals surface area (Å²) in [6.45, 7) is 0. The molecule has 0 unspecified atom stereocenters. The van der Waals surface area contributed by atoms with Gasteiger partial charge in [-0.3, -0.25) is 0 Å². The molecule has 0 aliphatic rings. The smallest absolute Gasteiger partial charge is 0.0407 e. The molecular formula is C13H10BrClS. The Kier molecular flexibility index (Phi) is 4.22. The third-order valence-corrected chi connectivity index (χ3v) is 4.09. The molecule has 0 bridgehead atoms. The van der Waals surface area contributed by atoms with Gasteiger partial charge in [-0.25, -0.2) is 0 Å². The zero-order chi connectivity index (χ0) is 11.4. The van der Waals surface area contributed by atoms with Crippen LogP contribution in [0.15, 0.2) is 46.9 Å². The number of halogens is 2. The Morgan fingerprint density at radius 2 is 2.00 bits per heavy atom. The van der Waals surface area contributed by atoms with E-state index in [4.69, 9.17) is 11.6 Å². The molecule has 0 amide bonds. The Bertz CT molecular complexity index is 502. The van der Waals surface area contributed by atoms with Gasteiger partial charge >= 0.3 is 0 Å². The van der Waals surface area contributed by atoms with E-state index in [2.05, 4.69) is 46.3 Å². The highest BCUT2D eigenvalue weighted by Gasteiger charge is 2.04. The fraction of sp³-hybridized carbons (Fsp3) is 0.0769. The standard InChI is InChI=1S/C13H10BrClS/c14-12-6-2-1-5-11(12)13-8-7-10(16-13)4-3-9-15/h1-8H,9H2. The van der Waals surface area contributed by atoms with Gasteiger partial charge in [-0.2, -0.15) is 0 Å². The molecule has 0 aliphatic carbocycles. The van der Waals surface area contributed by atoms with Gasteiger partial charge in [0.1, 0.15) is 0 Å². The highest BCUT2D eigenvalue weighted by Crippen LogP contribution is 2.33. The third kappa shape index (κ3) is 2.76. The molecule has 1 heterocycles. The molecule has 1 aromatic heterocycles. The number of hydrogen-bond acceptors (Lipinski definition) is 1. The molecule has 0 saturated carbocycles. The van der Waals surface area contributed by atoms with Gasteiger partial charge in [-0.05, 0) is 24.3 Å². The normalized spacial score (nSPS) is 11.1. The number of thiophene rings is 1. The molecule has 3 heteroatoms. The molecule has 0 spiro atoms. The van der Waals surface area contributed by atoms with Crippen LogP contribution in [0.3, 0.4) is 0 Å². The van der Waals surface area contributed by atoms with Crippen LogP contribution in [0.4, 0.5) is 0 Å². The van der Waals surface area contributed by atoms with Crippen molar-refractivity contribution in [3.05, 3.63) is 51.8 Å². The first kappa shape index (κ1) is 11.9. The molecule has 1 aromatic carbocycles. The van der Waals surface area contributed by atoms with Crippen LogP contribution in [0.25, 0.3) is 16.5 Å². The first-order valence-electron chi connectivity index (χ1n) is 4.88. The maximum atomic E-state index is 5.61. The second-order valence-electron chi connectivity index (χ2n) is 3.24. The van der Waals surface area contributed by atoms with E-state index in [0.29, 0.717) is 5.88 Å². The number of benzene rings is 1. The Labute approximate surface area is 113 Å². The highest BCUT2D eigenvalue weighted by molar-refractivity contribution is 9.10. The fourth-order valence-electron chi connectivity index (χ4n) is 1.41. The second-order valence-corrected chi connectivity index (χ2v) is 5.52. The van der Waals surface area contributed by atoms with E-state index in [9.17, 15) is 0 Å². The van der Waals surface area contributed by atoms with Gasteiger partial charge < -0.3 is 0 Å². The van der Waals surface area contributed by atoms with Crippen molar-refractivity contribution in [3.8, 4) is 10.4 Å². The van der Waals surface area contributed by atoms with Crippen molar-refractivity contribution in [2.45, 2.75) is 0 Å². The van der Waals surface area contributed by atoms with Crippen molar-refractivity contribution in [1.29, 1.82) is 0 Å². The van der Waals surface area contributed by atoms with Crippen LogP contribution < -0.4 is 0 Å². The maximum absolute atomic E-state index is 5.61. The summed E-state index contributed by atoms with van der Waals surface area (Å²) in [7, 11) is 0. The molecule has 0 N–H and O–H groups in total. The van der Waals surface area contributed by atoms with E-state index < -0.39 is 0 Å². The predicted molar refractivity (Wildman–Crippen MR) is 77.2 cm³/mol. The molecule has 0 fully saturated rings. The molecule has 2 rings (SSSR count). The monoisotopic (exact) mass is 312 g/mol. The lowest BCUT2D eigenvalue weighted by molar-refractivity contribution is 1.64. The minimum atomic E-state index is 0.558. The minimum absolute atomic E-state index is 0.558. The molecule has 2 aromatic rings. The Morgan fingerprint density at radius 1 is 1.19 bits per heavy atom. The van der Waals surface area contributed by atoms with Crippen molar-refractivity contribution in [3.63, 3.8) is 0 Å². The Morgan fingerprint density at radius 3 is 2.75 bits per heavy atom. The first-order chi connectivity index (χ1) is 7.81. The summed E-state index contributed by atoms with van der Waals surface area (Å²) in [6, 6.07) is 12.5. The van der Waals surface area contributed by atoms with Crippen LogP contribution in [0, 0.1) is 0 Å². The van der Waals surface area contributed by atoms with Crippen molar-refractivity contribution in [2.75, 3.05) is 5.88 Å². The predicted octanol–water partition coefficient (Wildman–Crippen LogP) is 5.43. The summed E-state index contributed by atoms with van der Waals surface area (Å²) in [5.74, 6) is 0.558. The van der Waals surface area contributed by atoms with Gasteiger partial charge in [0.2, 0.25) is 0 Å². The quantitative estimate of drug-likeness (QED) is 0.663. The zero-order valence-electron chi connectivity index (χ0n) is 8.49. The van der Waals surface area contributed by atoms with Crippen molar-refractivity contribution >= 4 is 44.9 Å². The molecule has 0 nitrogen and oxygen atoms in total. The summed E-state index contributed by atoms with van der Waals surface area (Å²) >= 11 is 10.9. The van der Waals surface area contributed by atoms with E-state index in [-0.39, 0.29) is 0 Å². The molecule has 0 radical (unpaired) electrons. The van der Waals surface area contributed by atoms with Crippen molar-refractivity contribution in [2.24, 2.45) is 0 Å². The van der Waals surface area contributed by atoms with Crippen LogP contribution in [-0.4, -0.2) is 5.88 Å². The lowest BCUT2D eigenvalue weighted by Gasteiger charge is -1.99. The van der Waals surface area contributed by atoms with E-state index in [0.717, 1.165) is 4.47 Å². The van der Waals surface area contributed by atoms with E-state index in [1.54, 1.807) is 11.3 Å². The first-order valence-corrected chi connectivity index (χ1v) is 7.03. The molecule has 0 aliphatic heterocycles. The Hall–Kier alpha value is -0.570. The van der Waals surface area contributed by atoms with Crippen LogP contribution in [0.2, 0.25) is 0 Å². The minimum Gasteiger partial charge on any atom is -0.136 e. The largest absolute Gasteiger partial charge is 0.136 e. The van der Waals surface area contributed by atoms with Crippen molar-refractivity contribution in [1.82, 2.24) is 0 Å². The number of allylic oxidation sites excluding steroid dienone is 1. The van der Waals surface area contributed by atoms with Gasteiger partial charge in [0, 0.05) is 25.7 Å². The zero-order valence-corrected chi connectivity index (χ0v) is 11.6. The Balaban J connectivity index is 2.32. The molecule has 0 atom stereocenters. The van der Waals surface area contributed by atoms with E-state index >= 15 is 0 Å². The van der Waals surface area contributed by atoms with E-state index in [1.165, 1.54) is 15.3 Å². The SMILES string of the molecule is ClCC=Cc1ccc(-c2ccccc2Br)s1.